The molecule has 124 valence electrons. The van der Waals surface area contributed by atoms with Gasteiger partial charge < -0.3 is 10.0 Å². The Morgan fingerprint density at radius 1 is 1.35 bits per heavy atom. The number of carbonyl (C=O) groups excluding carboxylic acids is 1. The highest BCUT2D eigenvalue weighted by Gasteiger charge is 2.27. The van der Waals surface area contributed by atoms with Crippen LogP contribution in [-0.2, 0) is 0 Å². The number of amides is 1. The number of nitrogens with zero attached hydrogens (tertiary/aromatic N) is 2. The smallest absolute Gasteiger partial charge is 0.257 e. The standard InChI is InChI=1S/C16H19F2N3O2/c1-4-21(9-16(2,3)23)15(22)10-8-19-20-14(10)13-11(17)6-5-7-12(13)18/h5-8,23H,4,9H2,1-3H3,(H,19,20). The molecule has 0 spiro atoms. The zero-order valence-electron chi connectivity index (χ0n) is 13.2. The average molecular weight is 323 g/mol. The summed E-state index contributed by atoms with van der Waals surface area (Å²) in [6.45, 7) is 5.35. The van der Waals surface area contributed by atoms with Gasteiger partial charge in [0.15, 0.2) is 0 Å². The molecular formula is C16H19F2N3O2. The van der Waals surface area contributed by atoms with Crippen LogP contribution >= 0.6 is 0 Å². The van der Waals surface area contributed by atoms with Gasteiger partial charge in [-0.2, -0.15) is 5.10 Å². The molecule has 0 atom stereocenters. The third-order valence-electron chi connectivity index (χ3n) is 3.33. The Morgan fingerprint density at radius 2 is 1.96 bits per heavy atom. The third kappa shape index (κ3) is 3.73. The number of hydrogen-bond acceptors (Lipinski definition) is 3. The maximum atomic E-state index is 14.0. The highest BCUT2D eigenvalue weighted by Crippen LogP contribution is 2.28. The van der Waals surface area contributed by atoms with E-state index in [4.69, 9.17) is 0 Å². The quantitative estimate of drug-likeness (QED) is 0.888. The number of H-pyrrole nitrogens is 1. The minimum Gasteiger partial charge on any atom is -0.389 e. The number of likely N-dealkylation sites (N-methyl/N-ethyl adjacent to an activating group) is 1. The van der Waals surface area contributed by atoms with E-state index in [2.05, 4.69) is 10.2 Å². The lowest BCUT2D eigenvalue weighted by atomic mass is 10.0. The van der Waals surface area contributed by atoms with Gasteiger partial charge in [0.25, 0.3) is 5.91 Å². The Hall–Kier alpha value is -2.28. The number of benzene rings is 1. The van der Waals surface area contributed by atoms with Crippen molar-refractivity contribution >= 4 is 5.91 Å². The number of aromatic nitrogens is 2. The maximum absolute atomic E-state index is 14.0. The second-order valence-corrected chi connectivity index (χ2v) is 5.89. The summed E-state index contributed by atoms with van der Waals surface area (Å²) in [6.07, 6.45) is 1.23. The molecule has 0 aliphatic rings. The van der Waals surface area contributed by atoms with Crippen molar-refractivity contribution in [2.75, 3.05) is 13.1 Å². The average Bonchev–Trinajstić information content (AvgIpc) is 2.92. The molecule has 1 heterocycles. The van der Waals surface area contributed by atoms with Crippen LogP contribution in [0.2, 0.25) is 0 Å². The molecule has 7 heteroatoms. The van der Waals surface area contributed by atoms with E-state index in [0.717, 1.165) is 12.1 Å². The molecule has 2 aromatic rings. The number of aliphatic hydroxyl groups is 1. The molecule has 0 radical (unpaired) electrons. The first-order chi connectivity index (χ1) is 10.7. The van der Waals surface area contributed by atoms with Crippen LogP contribution < -0.4 is 0 Å². The van der Waals surface area contributed by atoms with Crippen molar-refractivity contribution in [2.45, 2.75) is 26.4 Å². The second kappa shape index (κ2) is 6.45. The first-order valence-electron chi connectivity index (χ1n) is 7.24. The van der Waals surface area contributed by atoms with Crippen LogP contribution in [0.3, 0.4) is 0 Å². The molecular weight excluding hydrogens is 304 g/mol. The molecule has 2 rings (SSSR count). The molecule has 0 saturated heterocycles. The highest BCUT2D eigenvalue weighted by molar-refractivity contribution is 5.99. The first kappa shape index (κ1) is 17.1. The van der Waals surface area contributed by atoms with Gasteiger partial charge in [-0.3, -0.25) is 9.89 Å². The molecule has 1 aromatic heterocycles. The van der Waals surface area contributed by atoms with E-state index in [9.17, 15) is 18.7 Å². The summed E-state index contributed by atoms with van der Waals surface area (Å²) in [6, 6.07) is 3.47. The van der Waals surface area contributed by atoms with Gasteiger partial charge in [0, 0.05) is 13.1 Å². The summed E-state index contributed by atoms with van der Waals surface area (Å²) < 4.78 is 27.9. The van der Waals surface area contributed by atoms with E-state index in [1.54, 1.807) is 20.8 Å². The fourth-order valence-corrected chi connectivity index (χ4v) is 2.34. The van der Waals surface area contributed by atoms with E-state index in [-0.39, 0.29) is 23.4 Å². The summed E-state index contributed by atoms with van der Waals surface area (Å²) in [5.74, 6) is -2.02. The van der Waals surface area contributed by atoms with Gasteiger partial charge in [-0.1, -0.05) is 6.07 Å². The van der Waals surface area contributed by atoms with Crippen LogP contribution in [0.1, 0.15) is 31.1 Å². The molecule has 0 unspecified atom stereocenters. The predicted octanol–water partition coefficient (Wildman–Crippen LogP) is 2.59. The fourth-order valence-electron chi connectivity index (χ4n) is 2.34. The van der Waals surface area contributed by atoms with E-state index in [1.165, 1.54) is 17.2 Å². The number of aromatic amines is 1. The number of nitrogens with one attached hydrogen (secondary N) is 1. The topological polar surface area (TPSA) is 69.2 Å². The van der Waals surface area contributed by atoms with Crippen molar-refractivity contribution in [3.8, 4) is 11.3 Å². The monoisotopic (exact) mass is 323 g/mol. The van der Waals surface area contributed by atoms with Gasteiger partial charge >= 0.3 is 0 Å². The van der Waals surface area contributed by atoms with Crippen LogP contribution in [0.25, 0.3) is 11.3 Å². The van der Waals surface area contributed by atoms with Crippen LogP contribution in [0.15, 0.2) is 24.4 Å². The van der Waals surface area contributed by atoms with Gasteiger partial charge in [-0.15, -0.1) is 0 Å². The van der Waals surface area contributed by atoms with Gasteiger partial charge in [0.2, 0.25) is 0 Å². The minimum absolute atomic E-state index is 0.0141. The van der Waals surface area contributed by atoms with E-state index >= 15 is 0 Å². The zero-order valence-corrected chi connectivity index (χ0v) is 13.2. The molecule has 1 aromatic carbocycles. The van der Waals surface area contributed by atoms with Gasteiger partial charge in [0.05, 0.1) is 28.6 Å². The second-order valence-electron chi connectivity index (χ2n) is 5.89. The summed E-state index contributed by atoms with van der Waals surface area (Å²) in [5, 5.41) is 16.1. The summed E-state index contributed by atoms with van der Waals surface area (Å²) in [4.78, 5) is 14.0. The number of halogens is 2. The normalized spacial score (nSPS) is 11.6. The van der Waals surface area contributed by atoms with Crippen molar-refractivity contribution < 1.29 is 18.7 Å². The molecule has 1 amide bonds. The maximum Gasteiger partial charge on any atom is 0.257 e. The van der Waals surface area contributed by atoms with Crippen LogP contribution in [0.4, 0.5) is 8.78 Å². The van der Waals surface area contributed by atoms with Crippen LogP contribution in [-0.4, -0.2) is 44.8 Å². The largest absolute Gasteiger partial charge is 0.389 e. The Kier molecular flexibility index (Phi) is 4.79. The molecule has 2 N–H and O–H groups in total. The van der Waals surface area contributed by atoms with Gasteiger partial charge in [0.1, 0.15) is 11.6 Å². The van der Waals surface area contributed by atoms with E-state index in [0.29, 0.717) is 6.54 Å². The summed E-state index contributed by atoms with van der Waals surface area (Å²) >= 11 is 0. The SMILES string of the molecule is CCN(CC(C)(C)O)C(=O)c1cn[nH]c1-c1c(F)cccc1F. The van der Waals surface area contributed by atoms with Crippen molar-refractivity contribution in [3.05, 3.63) is 41.6 Å². The zero-order chi connectivity index (χ0) is 17.2. The fraction of sp³-hybridized carbons (Fsp3) is 0.375. The van der Waals surface area contributed by atoms with Crippen molar-refractivity contribution in [3.63, 3.8) is 0 Å². The Bertz CT molecular complexity index is 687. The third-order valence-corrected chi connectivity index (χ3v) is 3.33. The van der Waals surface area contributed by atoms with Crippen LogP contribution in [0.5, 0.6) is 0 Å². The molecule has 23 heavy (non-hydrogen) atoms. The van der Waals surface area contributed by atoms with Crippen molar-refractivity contribution in [1.29, 1.82) is 0 Å². The molecule has 0 saturated carbocycles. The first-order valence-corrected chi connectivity index (χ1v) is 7.24. The lowest BCUT2D eigenvalue weighted by Crippen LogP contribution is -2.42. The number of rotatable bonds is 5. The molecule has 0 bridgehead atoms. The van der Waals surface area contributed by atoms with E-state index in [1.807, 2.05) is 0 Å². The molecule has 0 aliphatic heterocycles. The number of hydrogen-bond donors (Lipinski definition) is 2. The highest BCUT2D eigenvalue weighted by atomic mass is 19.1. The summed E-state index contributed by atoms with van der Waals surface area (Å²) in [7, 11) is 0. The van der Waals surface area contributed by atoms with E-state index < -0.39 is 23.1 Å². The van der Waals surface area contributed by atoms with Crippen molar-refractivity contribution in [2.24, 2.45) is 0 Å². The molecule has 0 fully saturated rings. The Morgan fingerprint density at radius 3 is 2.48 bits per heavy atom. The van der Waals surface area contributed by atoms with Gasteiger partial charge in [-0.25, -0.2) is 8.78 Å². The molecule has 5 nitrogen and oxygen atoms in total. The minimum atomic E-state index is -1.08. The number of carbonyl (C=O) groups is 1. The molecule has 0 aliphatic carbocycles. The lowest BCUT2D eigenvalue weighted by molar-refractivity contribution is 0.0315. The lowest BCUT2D eigenvalue weighted by Gasteiger charge is -2.28. The Labute approximate surface area is 132 Å². The van der Waals surface area contributed by atoms with Crippen molar-refractivity contribution in [1.82, 2.24) is 15.1 Å². The predicted molar refractivity (Wildman–Crippen MR) is 81.8 cm³/mol. The van der Waals surface area contributed by atoms with Gasteiger partial charge in [-0.05, 0) is 32.9 Å². The Balaban J connectivity index is 2.43. The van der Waals surface area contributed by atoms with Crippen LogP contribution in [0, 0.1) is 11.6 Å². The summed E-state index contributed by atoms with van der Waals surface area (Å²) in [5.41, 5.74) is -1.37.